The highest BCUT2D eigenvalue weighted by molar-refractivity contribution is 6.05. The van der Waals surface area contributed by atoms with Crippen LogP contribution in [-0.2, 0) is 4.74 Å². The molecule has 0 fully saturated rings. The topological polar surface area (TPSA) is 111 Å². The number of nitrogens with one attached hydrogen (secondary N) is 3. The molecule has 0 aliphatic rings. The highest BCUT2D eigenvalue weighted by Crippen LogP contribution is 2.38. The maximum absolute atomic E-state index is 12.7. The third-order valence-corrected chi connectivity index (χ3v) is 5.83. The van der Waals surface area contributed by atoms with Gasteiger partial charge in [0.05, 0.1) is 17.1 Å². The van der Waals surface area contributed by atoms with Gasteiger partial charge >= 0.3 is 0 Å². The maximum Gasteiger partial charge on any atom is 0.255 e. The number of pyridine rings is 1. The number of aromatic hydroxyl groups is 1. The molecule has 0 spiro atoms. The molecule has 0 aliphatic heterocycles. The first-order chi connectivity index (χ1) is 16.9. The van der Waals surface area contributed by atoms with E-state index < -0.39 is 6.10 Å². The lowest BCUT2D eigenvalue weighted by Gasteiger charge is -2.23. The highest BCUT2D eigenvalue weighted by Gasteiger charge is 2.20. The first-order valence-corrected chi connectivity index (χ1v) is 11.8. The van der Waals surface area contributed by atoms with Gasteiger partial charge in [0.15, 0.2) is 6.40 Å². The van der Waals surface area contributed by atoms with Crippen LogP contribution >= 0.6 is 0 Å². The average molecular weight is 476 g/mol. The predicted molar refractivity (Wildman–Crippen MR) is 141 cm³/mol. The Morgan fingerprint density at radius 3 is 2.40 bits per heavy atom. The number of hydrogen-bond acceptors (Lipinski definition) is 7. The van der Waals surface area contributed by atoms with Gasteiger partial charge in [-0.1, -0.05) is 25.1 Å². The average Bonchev–Trinajstić information content (AvgIpc) is 2.87. The molecule has 1 atom stereocenters. The molecule has 3 rings (SSSR count). The van der Waals surface area contributed by atoms with Crippen LogP contribution in [-0.4, -0.2) is 35.5 Å². The number of carbonyl (C=O) groups excluding carboxylic acids is 1. The summed E-state index contributed by atoms with van der Waals surface area (Å²) in [6.07, 6.45) is 1.02. The van der Waals surface area contributed by atoms with E-state index in [-0.39, 0.29) is 17.3 Å². The molecule has 0 aliphatic carbocycles. The van der Waals surface area contributed by atoms with E-state index in [9.17, 15) is 9.90 Å². The third kappa shape index (κ3) is 6.09. The fourth-order valence-electron chi connectivity index (χ4n) is 3.88. The number of ether oxygens (including phenoxy) is 1. The summed E-state index contributed by atoms with van der Waals surface area (Å²) in [6.45, 7) is 9.78. The molecule has 8 heteroatoms. The first kappa shape index (κ1) is 25.6. The summed E-state index contributed by atoms with van der Waals surface area (Å²) in [5, 5.41) is 24.3. The predicted octanol–water partition coefficient (Wildman–Crippen LogP) is 6.01. The Hall–Kier alpha value is -4.07. The zero-order valence-corrected chi connectivity index (χ0v) is 20.6. The summed E-state index contributed by atoms with van der Waals surface area (Å²) in [6, 6.07) is 16.0. The zero-order chi connectivity index (χ0) is 25.4. The van der Waals surface area contributed by atoms with Crippen molar-refractivity contribution in [1.82, 2.24) is 4.98 Å². The Morgan fingerprint density at radius 2 is 1.80 bits per heavy atom. The minimum Gasteiger partial charge on any atom is -0.506 e. The van der Waals surface area contributed by atoms with E-state index in [0.29, 0.717) is 23.2 Å². The zero-order valence-electron chi connectivity index (χ0n) is 20.6. The van der Waals surface area contributed by atoms with Crippen molar-refractivity contribution in [2.45, 2.75) is 40.2 Å². The minimum absolute atomic E-state index is 0.0893. The molecule has 4 N–H and O–H groups in total. The number of phenols is 1. The Labute approximate surface area is 206 Å². The van der Waals surface area contributed by atoms with Gasteiger partial charge in [0.25, 0.3) is 5.91 Å². The van der Waals surface area contributed by atoms with Gasteiger partial charge in [-0.15, -0.1) is 0 Å². The molecule has 2 aromatic carbocycles. The molecule has 1 heterocycles. The monoisotopic (exact) mass is 475 g/mol. The van der Waals surface area contributed by atoms with Gasteiger partial charge in [0, 0.05) is 29.9 Å². The number of nitrogens with zero attached hydrogens (tertiary/aromatic N) is 2. The van der Waals surface area contributed by atoms with E-state index in [1.165, 1.54) is 0 Å². The largest absolute Gasteiger partial charge is 0.506 e. The number of carbonyl (C=O) groups is 1. The van der Waals surface area contributed by atoms with Gasteiger partial charge in [0.2, 0.25) is 0 Å². The van der Waals surface area contributed by atoms with Crippen LogP contribution in [0, 0.1) is 12.3 Å². The van der Waals surface area contributed by atoms with Crippen LogP contribution in [0.25, 0.3) is 0 Å². The highest BCUT2D eigenvalue weighted by atomic mass is 16.5. The molecule has 3 aromatic rings. The number of anilines is 4. The van der Waals surface area contributed by atoms with Crippen LogP contribution in [0.4, 0.5) is 22.9 Å². The molecule has 35 heavy (non-hydrogen) atoms. The van der Waals surface area contributed by atoms with E-state index >= 15 is 0 Å². The molecule has 0 radical (unpaired) electrons. The fraction of sp³-hybridized carbons (Fsp3) is 0.296. The van der Waals surface area contributed by atoms with Crippen molar-refractivity contribution in [3.63, 3.8) is 0 Å². The molecule has 0 saturated heterocycles. The third-order valence-electron chi connectivity index (χ3n) is 5.83. The van der Waals surface area contributed by atoms with Gasteiger partial charge in [-0.3, -0.25) is 10.2 Å². The molecule has 1 aromatic heterocycles. The summed E-state index contributed by atoms with van der Waals surface area (Å²) >= 11 is 0. The second-order valence-electron chi connectivity index (χ2n) is 8.03. The minimum atomic E-state index is -0.456. The molecule has 8 nitrogen and oxygen atoms in total. The maximum atomic E-state index is 12.7. The number of phenolic OH excluding ortho intramolecular Hbond substituents is 1. The van der Waals surface area contributed by atoms with E-state index in [1.807, 2.05) is 32.0 Å². The number of aryl methyl sites for hydroxylation is 1. The number of hydrogen-bond donors (Lipinski definition) is 4. The quantitative estimate of drug-likeness (QED) is 0.117. The van der Waals surface area contributed by atoms with Gasteiger partial charge in [0.1, 0.15) is 17.7 Å². The summed E-state index contributed by atoms with van der Waals surface area (Å²) in [4.78, 5) is 19.6. The van der Waals surface area contributed by atoms with Crippen molar-refractivity contribution in [3.8, 4) is 5.75 Å². The second-order valence-corrected chi connectivity index (χ2v) is 8.03. The van der Waals surface area contributed by atoms with E-state index in [1.54, 1.807) is 36.4 Å². The van der Waals surface area contributed by atoms with Crippen LogP contribution in [0.15, 0.2) is 54.6 Å². The standard InChI is InChI=1S/C27H33N5O3/c1-5-25(35-17-28)20-15-24(33)23(31-27(34)19-11-9-8-10-12-19)16-22(20)30-21-13-14-26(29-18(21)4)32(6-2)7-3/h8-17,25,28,30,33H,5-7H2,1-4H3,(H,31,34). The van der Waals surface area contributed by atoms with E-state index in [0.717, 1.165) is 36.7 Å². The van der Waals surface area contributed by atoms with E-state index in [4.69, 9.17) is 15.1 Å². The van der Waals surface area contributed by atoms with Crippen LogP contribution in [0.5, 0.6) is 5.75 Å². The van der Waals surface area contributed by atoms with Gasteiger partial charge in [-0.2, -0.15) is 0 Å². The van der Waals surface area contributed by atoms with Gasteiger partial charge < -0.3 is 25.4 Å². The molecule has 184 valence electrons. The summed E-state index contributed by atoms with van der Waals surface area (Å²) in [7, 11) is 0. The smallest absolute Gasteiger partial charge is 0.255 e. The SMILES string of the molecule is CCC(OC=N)c1cc(O)c(NC(=O)c2ccccc2)cc1Nc1ccc(N(CC)CC)nc1C. The van der Waals surface area contributed by atoms with Crippen LogP contribution in [0.1, 0.15) is 54.9 Å². The van der Waals surface area contributed by atoms with E-state index in [2.05, 4.69) is 29.4 Å². The summed E-state index contributed by atoms with van der Waals surface area (Å²) in [5.74, 6) is 0.482. The van der Waals surface area contributed by atoms with Crippen LogP contribution in [0.3, 0.4) is 0 Å². The molecular weight excluding hydrogens is 442 g/mol. The lowest BCUT2D eigenvalue weighted by Crippen LogP contribution is -2.23. The molecule has 1 unspecified atom stereocenters. The van der Waals surface area contributed by atoms with Gasteiger partial charge in [-0.05, 0) is 63.6 Å². The second kappa shape index (κ2) is 11.9. The fourth-order valence-corrected chi connectivity index (χ4v) is 3.88. The molecule has 0 bridgehead atoms. The molecular formula is C27H33N5O3. The van der Waals surface area contributed by atoms with Crippen molar-refractivity contribution in [3.05, 3.63) is 71.4 Å². The van der Waals surface area contributed by atoms with Crippen molar-refractivity contribution in [2.75, 3.05) is 28.6 Å². The number of amides is 1. The molecule has 1 amide bonds. The lowest BCUT2D eigenvalue weighted by molar-refractivity contribution is 0.102. The van der Waals surface area contributed by atoms with Crippen molar-refractivity contribution in [2.24, 2.45) is 0 Å². The Kier molecular flexibility index (Phi) is 8.67. The normalized spacial score (nSPS) is 11.4. The van der Waals surface area contributed by atoms with Crippen molar-refractivity contribution < 1.29 is 14.6 Å². The van der Waals surface area contributed by atoms with Crippen LogP contribution in [0.2, 0.25) is 0 Å². The number of rotatable bonds is 11. The Morgan fingerprint density at radius 1 is 1.09 bits per heavy atom. The summed E-state index contributed by atoms with van der Waals surface area (Å²) in [5.41, 5.74) is 3.65. The lowest BCUT2D eigenvalue weighted by atomic mass is 10.0. The Bertz CT molecular complexity index is 1160. The van der Waals surface area contributed by atoms with Gasteiger partial charge in [-0.25, -0.2) is 4.98 Å². The van der Waals surface area contributed by atoms with Crippen molar-refractivity contribution in [1.29, 1.82) is 5.41 Å². The summed E-state index contributed by atoms with van der Waals surface area (Å²) < 4.78 is 5.49. The Balaban J connectivity index is 2.00. The number of benzene rings is 2. The van der Waals surface area contributed by atoms with Crippen molar-refractivity contribution >= 4 is 35.2 Å². The number of aromatic nitrogens is 1. The molecule has 0 saturated carbocycles. The van der Waals surface area contributed by atoms with Crippen LogP contribution < -0.4 is 15.5 Å². The first-order valence-electron chi connectivity index (χ1n) is 11.8.